The van der Waals surface area contributed by atoms with Crippen LogP contribution in [0.5, 0.6) is 0 Å². The first kappa shape index (κ1) is 19.8. The summed E-state index contributed by atoms with van der Waals surface area (Å²) in [6, 6.07) is 20.5. The quantitative estimate of drug-likeness (QED) is 0.345. The molecule has 0 atom stereocenters. The van der Waals surface area contributed by atoms with E-state index in [9.17, 15) is 14.4 Å². The molecule has 5 rings (SSSR count). The summed E-state index contributed by atoms with van der Waals surface area (Å²) in [5, 5.41) is 8.33. The lowest BCUT2D eigenvalue weighted by Crippen LogP contribution is -2.30. The van der Waals surface area contributed by atoms with Gasteiger partial charge in [-0.25, -0.2) is 0 Å². The van der Waals surface area contributed by atoms with Crippen LogP contribution in [0.2, 0.25) is 5.02 Å². The van der Waals surface area contributed by atoms with Gasteiger partial charge in [0.2, 0.25) is 0 Å². The molecule has 0 fully saturated rings. The van der Waals surface area contributed by atoms with E-state index in [-0.39, 0.29) is 22.9 Å². The number of benzene rings is 3. The minimum absolute atomic E-state index is 0.0994. The Bertz CT molecular complexity index is 1350. The number of carbonyl (C=O) groups is 3. The van der Waals surface area contributed by atoms with E-state index in [0.717, 1.165) is 4.90 Å². The number of ketones is 1. The van der Waals surface area contributed by atoms with Gasteiger partial charge in [0.1, 0.15) is 6.33 Å². The van der Waals surface area contributed by atoms with E-state index in [1.807, 2.05) is 6.07 Å². The maximum atomic E-state index is 13.2. The molecule has 0 saturated carbocycles. The molecule has 0 radical (unpaired) electrons. The normalized spacial score (nSPS) is 12.8. The van der Waals surface area contributed by atoms with Crippen LogP contribution in [0.15, 0.2) is 79.1 Å². The first-order valence-corrected chi connectivity index (χ1v) is 10.2. The molecule has 3 aromatic carbocycles. The topological polar surface area (TPSA) is 85.2 Å². The van der Waals surface area contributed by atoms with E-state index in [4.69, 9.17) is 11.6 Å². The zero-order chi connectivity index (χ0) is 22.2. The molecule has 1 aromatic heterocycles. The Morgan fingerprint density at radius 2 is 1.50 bits per heavy atom. The third-order valence-electron chi connectivity index (χ3n) is 5.31. The van der Waals surface area contributed by atoms with Crippen molar-refractivity contribution in [2.24, 2.45) is 0 Å². The van der Waals surface area contributed by atoms with Crippen LogP contribution in [-0.4, -0.2) is 37.3 Å². The van der Waals surface area contributed by atoms with Crippen LogP contribution in [-0.2, 0) is 6.54 Å². The zero-order valence-electron chi connectivity index (χ0n) is 16.6. The maximum absolute atomic E-state index is 13.2. The molecule has 0 spiro atoms. The van der Waals surface area contributed by atoms with Crippen LogP contribution in [0.25, 0.3) is 5.69 Å². The van der Waals surface area contributed by atoms with Crippen molar-refractivity contribution >= 4 is 29.2 Å². The molecule has 0 unspecified atom stereocenters. The SMILES string of the molecule is O=C(c1ccccc1)c1c(Cl)cccc1-n1cnnc1CN1C(=O)c2ccccc2C1=O. The van der Waals surface area contributed by atoms with Crippen LogP contribution < -0.4 is 0 Å². The molecule has 0 bridgehead atoms. The maximum Gasteiger partial charge on any atom is 0.261 e. The van der Waals surface area contributed by atoms with Gasteiger partial charge < -0.3 is 0 Å². The molecule has 156 valence electrons. The van der Waals surface area contributed by atoms with Crippen molar-refractivity contribution in [3.63, 3.8) is 0 Å². The molecule has 8 heteroatoms. The highest BCUT2D eigenvalue weighted by molar-refractivity contribution is 6.35. The summed E-state index contributed by atoms with van der Waals surface area (Å²) in [5.74, 6) is -0.728. The fraction of sp³-hybridized carbons (Fsp3) is 0.0417. The molecule has 1 aliphatic heterocycles. The van der Waals surface area contributed by atoms with Gasteiger partial charge in [-0.3, -0.25) is 23.9 Å². The van der Waals surface area contributed by atoms with Crippen molar-refractivity contribution in [2.75, 3.05) is 0 Å². The molecule has 7 nitrogen and oxygen atoms in total. The van der Waals surface area contributed by atoms with Crippen molar-refractivity contribution in [2.45, 2.75) is 6.54 Å². The Labute approximate surface area is 187 Å². The fourth-order valence-corrected chi connectivity index (χ4v) is 4.02. The summed E-state index contributed by atoms with van der Waals surface area (Å²) in [4.78, 5) is 39.9. The number of fused-ring (bicyclic) bond motifs is 1. The Morgan fingerprint density at radius 1 is 0.844 bits per heavy atom. The van der Waals surface area contributed by atoms with Gasteiger partial charge in [0, 0.05) is 5.56 Å². The van der Waals surface area contributed by atoms with Gasteiger partial charge in [-0.15, -0.1) is 10.2 Å². The van der Waals surface area contributed by atoms with Gasteiger partial charge in [-0.1, -0.05) is 60.1 Å². The van der Waals surface area contributed by atoms with Crippen LogP contribution >= 0.6 is 11.6 Å². The van der Waals surface area contributed by atoms with Crippen molar-refractivity contribution < 1.29 is 14.4 Å². The lowest BCUT2D eigenvalue weighted by atomic mass is 10.0. The largest absolute Gasteiger partial charge is 0.288 e. The van der Waals surface area contributed by atoms with Crippen LogP contribution in [0.1, 0.15) is 42.5 Å². The van der Waals surface area contributed by atoms with Crippen molar-refractivity contribution in [1.29, 1.82) is 0 Å². The smallest absolute Gasteiger partial charge is 0.261 e. The highest BCUT2D eigenvalue weighted by Gasteiger charge is 2.36. The highest BCUT2D eigenvalue weighted by atomic mass is 35.5. The number of amides is 2. The van der Waals surface area contributed by atoms with E-state index < -0.39 is 11.8 Å². The molecular formula is C24H15ClN4O3. The number of aromatic nitrogens is 3. The van der Waals surface area contributed by atoms with Crippen LogP contribution in [0, 0.1) is 0 Å². The van der Waals surface area contributed by atoms with E-state index >= 15 is 0 Å². The first-order chi connectivity index (χ1) is 15.6. The number of nitrogens with zero attached hydrogens (tertiary/aromatic N) is 4. The molecule has 0 N–H and O–H groups in total. The van der Waals surface area contributed by atoms with Crippen molar-refractivity contribution in [3.05, 3.63) is 112 Å². The van der Waals surface area contributed by atoms with Gasteiger partial charge in [0.15, 0.2) is 11.6 Å². The first-order valence-electron chi connectivity index (χ1n) is 9.79. The summed E-state index contributed by atoms with van der Waals surface area (Å²) >= 11 is 6.43. The minimum atomic E-state index is -0.396. The Balaban J connectivity index is 1.54. The average molecular weight is 443 g/mol. The van der Waals surface area contributed by atoms with Gasteiger partial charge >= 0.3 is 0 Å². The fourth-order valence-electron chi connectivity index (χ4n) is 3.76. The summed E-state index contributed by atoms with van der Waals surface area (Å²) in [6.07, 6.45) is 1.43. The highest BCUT2D eigenvalue weighted by Crippen LogP contribution is 2.28. The number of hydrogen-bond donors (Lipinski definition) is 0. The van der Waals surface area contributed by atoms with Gasteiger partial charge in [0.05, 0.1) is 33.9 Å². The lowest BCUT2D eigenvalue weighted by Gasteiger charge is -2.16. The number of hydrogen-bond acceptors (Lipinski definition) is 5. The number of rotatable bonds is 5. The Morgan fingerprint density at radius 3 is 2.19 bits per heavy atom. The van der Waals surface area contributed by atoms with Gasteiger partial charge in [-0.2, -0.15) is 0 Å². The number of imide groups is 1. The molecule has 4 aromatic rings. The average Bonchev–Trinajstić information content (AvgIpc) is 3.38. The second-order valence-corrected chi connectivity index (χ2v) is 7.60. The number of carbonyl (C=O) groups excluding carboxylic acids is 3. The molecule has 2 amide bonds. The molecule has 2 heterocycles. The second kappa shape index (κ2) is 7.86. The van der Waals surface area contributed by atoms with Gasteiger partial charge in [0.25, 0.3) is 11.8 Å². The predicted octanol–water partition coefficient (Wildman–Crippen LogP) is 3.95. The van der Waals surface area contributed by atoms with Gasteiger partial charge in [-0.05, 0) is 24.3 Å². The molecule has 1 aliphatic rings. The predicted molar refractivity (Wildman–Crippen MR) is 117 cm³/mol. The van der Waals surface area contributed by atoms with Crippen LogP contribution in [0.4, 0.5) is 0 Å². The standard InChI is InChI=1S/C24H15ClN4O3/c25-18-11-6-12-19(21(18)22(30)15-7-2-1-3-8-15)29-14-26-27-20(29)13-28-23(31)16-9-4-5-10-17(16)24(28)32/h1-12,14H,13H2. The Kier molecular flexibility index (Phi) is 4.88. The number of halogens is 1. The van der Waals surface area contributed by atoms with E-state index in [2.05, 4.69) is 10.2 Å². The molecule has 0 saturated heterocycles. The van der Waals surface area contributed by atoms with Crippen molar-refractivity contribution in [3.8, 4) is 5.69 Å². The summed E-state index contributed by atoms with van der Waals surface area (Å²) in [5.41, 5.74) is 1.93. The Hall–Kier alpha value is -4.10. The minimum Gasteiger partial charge on any atom is -0.288 e. The molecular weight excluding hydrogens is 428 g/mol. The van der Waals surface area contributed by atoms with Crippen LogP contribution in [0.3, 0.4) is 0 Å². The lowest BCUT2D eigenvalue weighted by molar-refractivity contribution is 0.0637. The summed E-state index contributed by atoms with van der Waals surface area (Å²) < 4.78 is 1.58. The summed E-state index contributed by atoms with van der Waals surface area (Å²) in [7, 11) is 0. The summed E-state index contributed by atoms with van der Waals surface area (Å²) in [6.45, 7) is -0.0994. The second-order valence-electron chi connectivity index (χ2n) is 7.19. The van der Waals surface area contributed by atoms with E-state index in [1.54, 1.807) is 71.3 Å². The monoisotopic (exact) mass is 442 g/mol. The van der Waals surface area contributed by atoms with E-state index in [0.29, 0.717) is 28.2 Å². The zero-order valence-corrected chi connectivity index (χ0v) is 17.4. The van der Waals surface area contributed by atoms with Crippen molar-refractivity contribution in [1.82, 2.24) is 19.7 Å². The molecule has 32 heavy (non-hydrogen) atoms. The third kappa shape index (κ3) is 3.19. The van der Waals surface area contributed by atoms with E-state index in [1.165, 1.54) is 6.33 Å². The third-order valence-corrected chi connectivity index (χ3v) is 5.63. The molecule has 0 aliphatic carbocycles.